The summed E-state index contributed by atoms with van der Waals surface area (Å²) in [6, 6.07) is 6.37. The molecule has 1 atom stereocenters. The number of methoxy groups -OCH3 is 2. The Morgan fingerprint density at radius 2 is 1.90 bits per heavy atom. The van der Waals surface area contributed by atoms with E-state index in [1.165, 1.54) is 31.2 Å². The molecule has 1 heterocycles. The first-order chi connectivity index (χ1) is 14.2. The van der Waals surface area contributed by atoms with Crippen LogP contribution in [0.1, 0.15) is 37.3 Å². The lowest BCUT2D eigenvalue weighted by atomic mass is 10.0. The summed E-state index contributed by atoms with van der Waals surface area (Å²) in [6.07, 6.45) is 5.36. The number of morpholine rings is 1. The Labute approximate surface area is 197 Å². The molecule has 1 aliphatic carbocycles. The van der Waals surface area contributed by atoms with Gasteiger partial charge in [-0.05, 0) is 36.5 Å². The van der Waals surface area contributed by atoms with E-state index in [9.17, 15) is 0 Å². The van der Waals surface area contributed by atoms with Crippen LogP contribution in [0.25, 0.3) is 0 Å². The predicted molar refractivity (Wildman–Crippen MR) is 131 cm³/mol. The van der Waals surface area contributed by atoms with Gasteiger partial charge in [-0.1, -0.05) is 18.9 Å². The lowest BCUT2D eigenvalue weighted by Crippen LogP contribution is -2.46. The van der Waals surface area contributed by atoms with Gasteiger partial charge in [0.2, 0.25) is 0 Å². The summed E-state index contributed by atoms with van der Waals surface area (Å²) in [4.78, 5) is 6.86. The zero-order chi connectivity index (χ0) is 20.5. The molecule has 1 aromatic rings. The Balaban J connectivity index is 0.00000320. The zero-order valence-electron chi connectivity index (χ0n) is 18.5. The van der Waals surface area contributed by atoms with Crippen molar-refractivity contribution in [1.29, 1.82) is 0 Å². The van der Waals surface area contributed by atoms with E-state index < -0.39 is 0 Å². The maximum absolute atomic E-state index is 5.56. The topological polar surface area (TPSA) is 67.4 Å². The SMILES string of the molecule is CN=C(NCCCC1CC1)NCC(c1ccc(OC)c(OC)c1)N1CCOCC1.I. The smallest absolute Gasteiger partial charge is 0.191 e. The molecule has 2 aliphatic rings. The Hall–Kier alpha value is -1.26. The summed E-state index contributed by atoms with van der Waals surface area (Å²) in [5.41, 5.74) is 1.20. The Kier molecular flexibility index (Phi) is 11.0. The molecule has 30 heavy (non-hydrogen) atoms. The summed E-state index contributed by atoms with van der Waals surface area (Å²) < 4.78 is 16.5. The van der Waals surface area contributed by atoms with Crippen LogP contribution in [0.4, 0.5) is 0 Å². The van der Waals surface area contributed by atoms with Gasteiger partial charge in [0, 0.05) is 33.2 Å². The third-order valence-electron chi connectivity index (χ3n) is 5.74. The minimum Gasteiger partial charge on any atom is -0.493 e. The number of ether oxygens (including phenoxy) is 3. The van der Waals surface area contributed by atoms with E-state index in [4.69, 9.17) is 14.2 Å². The highest BCUT2D eigenvalue weighted by Gasteiger charge is 2.24. The predicted octanol–water partition coefficient (Wildman–Crippen LogP) is 3.05. The highest BCUT2D eigenvalue weighted by molar-refractivity contribution is 14.0. The van der Waals surface area contributed by atoms with Gasteiger partial charge in [-0.15, -0.1) is 24.0 Å². The molecule has 8 heteroatoms. The summed E-state index contributed by atoms with van der Waals surface area (Å²) in [6.45, 7) is 5.07. The first-order valence-corrected chi connectivity index (χ1v) is 10.7. The molecule has 3 rings (SSSR count). The lowest BCUT2D eigenvalue weighted by Gasteiger charge is -2.35. The van der Waals surface area contributed by atoms with Gasteiger partial charge >= 0.3 is 0 Å². The number of hydrogen-bond donors (Lipinski definition) is 2. The van der Waals surface area contributed by atoms with Crippen molar-refractivity contribution in [2.45, 2.75) is 31.7 Å². The molecule has 0 spiro atoms. The number of hydrogen-bond acceptors (Lipinski definition) is 5. The molecule has 0 radical (unpaired) electrons. The fourth-order valence-electron chi connectivity index (χ4n) is 3.83. The van der Waals surface area contributed by atoms with Gasteiger partial charge in [-0.3, -0.25) is 9.89 Å². The van der Waals surface area contributed by atoms with Crippen LogP contribution in [0.5, 0.6) is 11.5 Å². The summed E-state index contributed by atoms with van der Waals surface area (Å²) >= 11 is 0. The third-order valence-corrected chi connectivity index (χ3v) is 5.74. The minimum atomic E-state index is 0. The molecular formula is C22H37IN4O3. The van der Waals surface area contributed by atoms with Gasteiger partial charge in [-0.2, -0.15) is 0 Å². The second-order valence-electron chi connectivity index (χ2n) is 7.74. The number of rotatable bonds is 10. The van der Waals surface area contributed by atoms with Crippen molar-refractivity contribution in [1.82, 2.24) is 15.5 Å². The number of guanidine groups is 1. The van der Waals surface area contributed by atoms with Crippen molar-refractivity contribution in [2.24, 2.45) is 10.9 Å². The van der Waals surface area contributed by atoms with E-state index in [-0.39, 0.29) is 30.0 Å². The van der Waals surface area contributed by atoms with E-state index >= 15 is 0 Å². The van der Waals surface area contributed by atoms with Crippen molar-refractivity contribution < 1.29 is 14.2 Å². The van der Waals surface area contributed by atoms with E-state index in [1.54, 1.807) is 14.2 Å². The quantitative estimate of drug-likeness (QED) is 0.209. The lowest BCUT2D eigenvalue weighted by molar-refractivity contribution is 0.0169. The number of halogens is 1. The molecule has 2 N–H and O–H groups in total. The van der Waals surface area contributed by atoms with Crippen molar-refractivity contribution in [2.75, 3.05) is 60.7 Å². The van der Waals surface area contributed by atoms with Gasteiger partial charge in [0.05, 0.1) is 33.5 Å². The van der Waals surface area contributed by atoms with E-state index in [0.29, 0.717) is 0 Å². The molecule has 1 saturated heterocycles. The number of nitrogens with one attached hydrogen (secondary N) is 2. The van der Waals surface area contributed by atoms with Gasteiger partial charge in [0.15, 0.2) is 17.5 Å². The second kappa shape index (κ2) is 13.2. The van der Waals surface area contributed by atoms with Crippen LogP contribution in [-0.2, 0) is 4.74 Å². The van der Waals surface area contributed by atoms with E-state index in [0.717, 1.165) is 62.8 Å². The summed E-state index contributed by atoms with van der Waals surface area (Å²) in [7, 11) is 5.17. The molecule has 1 aliphatic heterocycles. The molecule has 1 unspecified atom stereocenters. The minimum absolute atomic E-state index is 0. The van der Waals surface area contributed by atoms with Crippen molar-refractivity contribution >= 4 is 29.9 Å². The molecule has 170 valence electrons. The monoisotopic (exact) mass is 532 g/mol. The Bertz CT molecular complexity index is 664. The molecule has 0 amide bonds. The summed E-state index contributed by atoms with van der Waals surface area (Å²) in [5, 5.41) is 6.97. The van der Waals surface area contributed by atoms with Crippen LogP contribution in [0, 0.1) is 5.92 Å². The van der Waals surface area contributed by atoms with Crippen molar-refractivity contribution in [3.8, 4) is 11.5 Å². The van der Waals surface area contributed by atoms with Gasteiger partial charge in [0.1, 0.15) is 0 Å². The Morgan fingerprint density at radius 3 is 2.53 bits per heavy atom. The van der Waals surface area contributed by atoms with Crippen LogP contribution in [0.15, 0.2) is 23.2 Å². The van der Waals surface area contributed by atoms with Crippen LogP contribution >= 0.6 is 24.0 Å². The highest BCUT2D eigenvalue weighted by atomic mass is 127. The molecule has 2 fully saturated rings. The van der Waals surface area contributed by atoms with Gasteiger partial charge in [-0.25, -0.2) is 0 Å². The van der Waals surface area contributed by atoms with Gasteiger partial charge in [0.25, 0.3) is 0 Å². The standard InChI is InChI=1S/C22H36N4O3.HI/c1-23-22(24-10-4-5-17-6-7-17)25-16-19(26-11-13-29-14-12-26)18-8-9-20(27-2)21(15-18)28-3;/h8-9,15,17,19H,4-7,10-14,16H2,1-3H3,(H2,23,24,25);1H. The molecule has 0 bridgehead atoms. The van der Waals surface area contributed by atoms with Crippen molar-refractivity contribution in [3.63, 3.8) is 0 Å². The third kappa shape index (κ3) is 7.46. The second-order valence-corrected chi connectivity index (χ2v) is 7.74. The molecule has 0 aromatic heterocycles. The van der Waals surface area contributed by atoms with Crippen LogP contribution in [0.3, 0.4) is 0 Å². The largest absolute Gasteiger partial charge is 0.493 e. The van der Waals surface area contributed by atoms with E-state index in [2.05, 4.69) is 32.7 Å². The van der Waals surface area contributed by atoms with Gasteiger partial charge < -0.3 is 24.8 Å². The van der Waals surface area contributed by atoms with E-state index in [1.807, 2.05) is 13.1 Å². The Morgan fingerprint density at radius 1 is 1.17 bits per heavy atom. The zero-order valence-corrected chi connectivity index (χ0v) is 20.8. The average molecular weight is 532 g/mol. The fourth-order valence-corrected chi connectivity index (χ4v) is 3.83. The van der Waals surface area contributed by atoms with Crippen molar-refractivity contribution in [3.05, 3.63) is 23.8 Å². The van der Waals surface area contributed by atoms with Crippen LogP contribution in [-0.4, -0.2) is 71.5 Å². The molecule has 7 nitrogen and oxygen atoms in total. The number of aliphatic imine (C=N–C) groups is 1. The van der Waals surface area contributed by atoms with Crippen LogP contribution in [0.2, 0.25) is 0 Å². The fraction of sp³-hybridized carbons (Fsp3) is 0.682. The molecule has 1 saturated carbocycles. The maximum atomic E-state index is 5.56. The van der Waals surface area contributed by atoms with Crippen LogP contribution < -0.4 is 20.1 Å². The first kappa shape index (κ1) is 25.0. The maximum Gasteiger partial charge on any atom is 0.191 e. The number of benzene rings is 1. The molecular weight excluding hydrogens is 495 g/mol. The highest BCUT2D eigenvalue weighted by Crippen LogP contribution is 2.33. The molecule has 1 aromatic carbocycles. The average Bonchev–Trinajstić information content (AvgIpc) is 3.60. The summed E-state index contributed by atoms with van der Waals surface area (Å²) in [5.74, 6) is 3.34. The number of nitrogens with zero attached hydrogens (tertiary/aromatic N) is 2. The normalized spacial score (nSPS) is 18.3. The first-order valence-electron chi connectivity index (χ1n) is 10.7.